The second-order valence-electron chi connectivity index (χ2n) is 4.73. The topological polar surface area (TPSA) is 42.3 Å². The van der Waals surface area contributed by atoms with Crippen LogP contribution in [-0.4, -0.2) is 54.1 Å². The third-order valence-corrected chi connectivity index (χ3v) is 4.44. The maximum absolute atomic E-state index is 5.55. The lowest BCUT2D eigenvalue weighted by molar-refractivity contribution is -0.0114. The third kappa shape index (κ3) is 2.93. The quantitative estimate of drug-likeness (QED) is 0.896. The minimum absolute atomic E-state index is 0.436. The van der Waals surface area contributed by atoms with E-state index in [4.69, 9.17) is 4.74 Å². The van der Waals surface area contributed by atoms with E-state index in [1.165, 1.54) is 5.69 Å². The zero-order valence-electron chi connectivity index (χ0n) is 11.2. The number of ether oxygens (including phenoxy) is 1. The zero-order chi connectivity index (χ0) is 13.1. The van der Waals surface area contributed by atoms with E-state index in [0.29, 0.717) is 6.04 Å². The van der Waals surface area contributed by atoms with Crippen molar-refractivity contribution in [2.45, 2.75) is 19.5 Å². The van der Waals surface area contributed by atoms with Crippen LogP contribution in [0.5, 0.6) is 0 Å². The minimum atomic E-state index is 0.436. The summed E-state index contributed by atoms with van der Waals surface area (Å²) in [7, 11) is 3.98. The summed E-state index contributed by atoms with van der Waals surface area (Å²) in [6.45, 7) is 6.48. The molecule has 1 atom stereocenters. The Labute approximate surface area is 117 Å². The SMILES string of the molecule is CNCC1COCCN1Cc1c(Br)c(C)nn1C. The Kier molecular flexibility index (Phi) is 4.77. The molecule has 0 aliphatic carbocycles. The Hall–Kier alpha value is -0.430. The second-order valence-corrected chi connectivity index (χ2v) is 5.52. The van der Waals surface area contributed by atoms with Crippen molar-refractivity contribution in [1.82, 2.24) is 20.0 Å². The van der Waals surface area contributed by atoms with Gasteiger partial charge in [0.25, 0.3) is 0 Å². The number of halogens is 1. The summed E-state index contributed by atoms with van der Waals surface area (Å²) >= 11 is 3.63. The summed E-state index contributed by atoms with van der Waals surface area (Å²) in [5.74, 6) is 0. The van der Waals surface area contributed by atoms with Gasteiger partial charge in [0, 0.05) is 32.7 Å². The van der Waals surface area contributed by atoms with E-state index in [-0.39, 0.29) is 0 Å². The first-order valence-corrected chi connectivity index (χ1v) is 7.07. The van der Waals surface area contributed by atoms with Crippen molar-refractivity contribution in [2.75, 3.05) is 33.4 Å². The monoisotopic (exact) mass is 316 g/mol. The van der Waals surface area contributed by atoms with E-state index in [1.54, 1.807) is 0 Å². The number of likely N-dealkylation sites (N-methyl/N-ethyl adjacent to an activating group) is 1. The van der Waals surface area contributed by atoms with Gasteiger partial charge in [-0.3, -0.25) is 9.58 Å². The van der Waals surface area contributed by atoms with Gasteiger partial charge >= 0.3 is 0 Å². The number of aromatic nitrogens is 2. The molecule has 1 aromatic rings. The number of rotatable bonds is 4. The van der Waals surface area contributed by atoms with Crippen LogP contribution >= 0.6 is 15.9 Å². The summed E-state index contributed by atoms with van der Waals surface area (Å²) in [5, 5.41) is 7.68. The molecule has 0 aromatic carbocycles. The van der Waals surface area contributed by atoms with Crippen LogP contribution in [0.4, 0.5) is 0 Å². The molecule has 5 nitrogen and oxygen atoms in total. The number of nitrogens with zero attached hydrogens (tertiary/aromatic N) is 3. The fourth-order valence-corrected chi connectivity index (χ4v) is 2.83. The lowest BCUT2D eigenvalue weighted by Gasteiger charge is -2.35. The molecule has 6 heteroatoms. The zero-order valence-corrected chi connectivity index (χ0v) is 12.8. The number of hydrogen-bond donors (Lipinski definition) is 1. The van der Waals surface area contributed by atoms with Gasteiger partial charge < -0.3 is 10.1 Å². The Morgan fingerprint density at radius 1 is 1.56 bits per heavy atom. The predicted molar refractivity (Wildman–Crippen MR) is 74.6 cm³/mol. The van der Waals surface area contributed by atoms with Crippen molar-refractivity contribution in [2.24, 2.45) is 7.05 Å². The molecule has 1 aliphatic rings. The lowest BCUT2D eigenvalue weighted by atomic mass is 10.2. The average molecular weight is 317 g/mol. The molecule has 18 heavy (non-hydrogen) atoms. The van der Waals surface area contributed by atoms with Crippen LogP contribution in [-0.2, 0) is 18.3 Å². The van der Waals surface area contributed by atoms with Gasteiger partial charge in [-0.05, 0) is 29.9 Å². The highest BCUT2D eigenvalue weighted by Gasteiger charge is 2.24. The largest absolute Gasteiger partial charge is 0.378 e. The van der Waals surface area contributed by atoms with Crippen LogP contribution in [0, 0.1) is 6.92 Å². The van der Waals surface area contributed by atoms with E-state index in [2.05, 4.69) is 31.2 Å². The van der Waals surface area contributed by atoms with Gasteiger partial charge in [0.2, 0.25) is 0 Å². The van der Waals surface area contributed by atoms with Crippen LogP contribution in [0.1, 0.15) is 11.4 Å². The molecule has 1 fully saturated rings. The molecule has 1 aromatic heterocycles. The van der Waals surface area contributed by atoms with Gasteiger partial charge in [-0.15, -0.1) is 0 Å². The number of morpholine rings is 1. The molecule has 2 rings (SSSR count). The minimum Gasteiger partial charge on any atom is -0.378 e. The Bertz CT molecular complexity index is 405. The first kappa shape index (κ1) is 14.0. The fourth-order valence-electron chi connectivity index (χ4n) is 2.37. The molecule has 0 radical (unpaired) electrons. The summed E-state index contributed by atoms with van der Waals surface area (Å²) in [6.07, 6.45) is 0. The maximum Gasteiger partial charge on any atom is 0.0739 e. The predicted octanol–water partition coefficient (Wildman–Crippen LogP) is 0.911. The molecule has 0 amide bonds. The first-order chi connectivity index (χ1) is 8.63. The van der Waals surface area contributed by atoms with Crippen molar-refractivity contribution in [3.63, 3.8) is 0 Å². The normalized spacial score (nSPS) is 21.4. The molecule has 1 N–H and O–H groups in total. The molecule has 1 aliphatic heterocycles. The standard InChI is InChI=1S/C12H21BrN4O/c1-9-12(13)11(16(3)15-9)7-17-4-5-18-8-10(17)6-14-2/h10,14H,4-8H2,1-3H3. The van der Waals surface area contributed by atoms with E-state index in [0.717, 1.165) is 43.0 Å². The van der Waals surface area contributed by atoms with E-state index in [9.17, 15) is 0 Å². The highest BCUT2D eigenvalue weighted by molar-refractivity contribution is 9.10. The summed E-state index contributed by atoms with van der Waals surface area (Å²) in [6, 6.07) is 0.436. The number of hydrogen-bond acceptors (Lipinski definition) is 4. The summed E-state index contributed by atoms with van der Waals surface area (Å²) in [5.41, 5.74) is 2.28. The van der Waals surface area contributed by atoms with Gasteiger partial charge in [-0.25, -0.2) is 0 Å². The summed E-state index contributed by atoms with van der Waals surface area (Å²) in [4.78, 5) is 2.46. The van der Waals surface area contributed by atoms with E-state index in [1.807, 2.05) is 25.7 Å². The Balaban J connectivity index is 2.10. The van der Waals surface area contributed by atoms with E-state index < -0.39 is 0 Å². The van der Waals surface area contributed by atoms with Crippen molar-refractivity contribution < 1.29 is 4.74 Å². The highest BCUT2D eigenvalue weighted by atomic mass is 79.9. The smallest absolute Gasteiger partial charge is 0.0739 e. The molecule has 2 heterocycles. The Morgan fingerprint density at radius 3 is 2.94 bits per heavy atom. The fraction of sp³-hybridized carbons (Fsp3) is 0.750. The lowest BCUT2D eigenvalue weighted by Crippen LogP contribution is -2.49. The first-order valence-electron chi connectivity index (χ1n) is 6.28. The molecule has 1 saturated heterocycles. The molecule has 0 bridgehead atoms. The molecule has 1 unspecified atom stereocenters. The van der Waals surface area contributed by atoms with Gasteiger partial charge in [0.15, 0.2) is 0 Å². The number of aryl methyl sites for hydroxylation is 2. The Morgan fingerprint density at radius 2 is 2.33 bits per heavy atom. The van der Waals surface area contributed by atoms with Gasteiger partial charge in [0.1, 0.15) is 0 Å². The second kappa shape index (κ2) is 6.14. The van der Waals surface area contributed by atoms with Crippen molar-refractivity contribution in [3.8, 4) is 0 Å². The van der Waals surface area contributed by atoms with Crippen LogP contribution in [0.3, 0.4) is 0 Å². The van der Waals surface area contributed by atoms with Gasteiger partial charge in [0.05, 0.1) is 29.1 Å². The van der Waals surface area contributed by atoms with Gasteiger partial charge in [-0.1, -0.05) is 0 Å². The maximum atomic E-state index is 5.55. The van der Waals surface area contributed by atoms with Crippen LogP contribution in [0.15, 0.2) is 4.47 Å². The summed E-state index contributed by atoms with van der Waals surface area (Å²) < 4.78 is 8.64. The number of nitrogens with one attached hydrogen (secondary N) is 1. The van der Waals surface area contributed by atoms with E-state index >= 15 is 0 Å². The molecule has 0 saturated carbocycles. The molecule has 0 spiro atoms. The third-order valence-electron chi connectivity index (χ3n) is 3.40. The molecular formula is C12H21BrN4O. The highest BCUT2D eigenvalue weighted by Crippen LogP contribution is 2.23. The average Bonchev–Trinajstić information content (AvgIpc) is 2.59. The van der Waals surface area contributed by atoms with Crippen molar-refractivity contribution in [3.05, 3.63) is 15.9 Å². The van der Waals surface area contributed by atoms with Crippen molar-refractivity contribution in [1.29, 1.82) is 0 Å². The van der Waals surface area contributed by atoms with Crippen LogP contribution in [0.25, 0.3) is 0 Å². The molecule has 102 valence electrons. The van der Waals surface area contributed by atoms with Gasteiger partial charge in [-0.2, -0.15) is 5.10 Å². The van der Waals surface area contributed by atoms with Crippen molar-refractivity contribution >= 4 is 15.9 Å². The van der Waals surface area contributed by atoms with Crippen LogP contribution in [0.2, 0.25) is 0 Å². The molecular weight excluding hydrogens is 296 g/mol. The van der Waals surface area contributed by atoms with Crippen LogP contribution < -0.4 is 5.32 Å².